The fourth-order valence-electron chi connectivity index (χ4n) is 3.44. The molecule has 1 heterocycles. The number of likely N-dealkylation sites (N-methyl/N-ethyl adjacent to an activating group) is 1. The zero-order chi connectivity index (χ0) is 22.7. The summed E-state index contributed by atoms with van der Waals surface area (Å²) in [5, 5.41) is 11.0. The maximum absolute atomic E-state index is 13.0. The van der Waals surface area contributed by atoms with Crippen LogP contribution >= 0.6 is 15.9 Å². The van der Waals surface area contributed by atoms with Crippen molar-refractivity contribution >= 4 is 39.3 Å². The maximum atomic E-state index is 13.0. The van der Waals surface area contributed by atoms with Gasteiger partial charge in [0.1, 0.15) is 11.5 Å². The van der Waals surface area contributed by atoms with Gasteiger partial charge in [0.25, 0.3) is 11.7 Å². The molecular formula is C23H23BrN2O5. The van der Waals surface area contributed by atoms with E-state index in [1.165, 1.54) is 11.8 Å². The van der Waals surface area contributed by atoms with Crippen LogP contribution in [0.15, 0.2) is 58.6 Å². The van der Waals surface area contributed by atoms with E-state index in [0.29, 0.717) is 23.4 Å². The minimum atomic E-state index is -0.806. The van der Waals surface area contributed by atoms with Crippen molar-refractivity contribution in [2.24, 2.45) is 0 Å². The molecule has 1 aliphatic rings. The molecule has 1 saturated heterocycles. The summed E-state index contributed by atoms with van der Waals surface area (Å²) >= 11 is 3.35. The summed E-state index contributed by atoms with van der Waals surface area (Å²) in [6, 6.07) is 12.7. The highest BCUT2D eigenvalue weighted by molar-refractivity contribution is 9.10. The molecule has 8 heteroatoms. The topological polar surface area (TPSA) is 87.1 Å². The Morgan fingerprint density at radius 1 is 1.16 bits per heavy atom. The van der Waals surface area contributed by atoms with Crippen LogP contribution in [-0.2, 0) is 14.4 Å². The van der Waals surface area contributed by atoms with Crippen LogP contribution in [0.25, 0.3) is 5.76 Å². The van der Waals surface area contributed by atoms with Gasteiger partial charge in [-0.05, 0) is 43.9 Å². The second-order valence-corrected chi connectivity index (χ2v) is 8.38. The van der Waals surface area contributed by atoms with E-state index in [2.05, 4.69) is 15.9 Å². The summed E-state index contributed by atoms with van der Waals surface area (Å²) in [4.78, 5) is 40.6. The van der Waals surface area contributed by atoms with Crippen molar-refractivity contribution in [1.82, 2.24) is 9.80 Å². The number of hydrogen-bond donors (Lipinski definition) is 1. The van der Waals surface area contributed by atoms with E-state index in [1.54, 1.807) is 48.5 Å². The molecule has 0 spiro atoms. The molecule has 1 fully saturated rings. The van der Waals surface area contributed by atoms with Gasteiger partial charge in [0.15, 0.2) is 0 Å². The molecule has 0 aromatic heterocycles. The van der Waals surface area contributed by atoms with Crippen molar-refractivity contribution in [2.45, 2.75) is 13.0 Å². The zero-order valence-corrected chi connectivity index (χ0v) is 19.0. The number of rotatable bonds is 6. The van der Waals surface area contributed by atoms with Crippen molar-refractivity contribution in [1.29, 1.82) is 0 Å². The zero-order valence-electron chi connectivity index (χ0n) is 17.5. The molecule has 162 valence electrons. The molecule has 3 rings (SSSR count). The van der Waals surface area contributed by atoms with Gasteiger partial charge < -0.3 is 19.6 Å². The highest BCUT2D eigenvalue weighted by Gasteiger charge is 2.46. The number of aliphatic hydroxyl groups excluding tert-OH is 1. The van der Waals surface area contributed by atoms with E-state index >= 15 is 0 Å². The van der Waals surface area contributed by atoms with Crippen molar-refractivity contribution in [3.63, 3.8) is 0 Å². The minimum Gasteiger partial charge on any atom is -0.507 e. The van der Waals surface area contributed by atoms with Crippen LogP contribution in [0.1, 0.15) is 24.1 Å². The summed E-state index contributed by atoms with van der Waals surface area (Å²) in [7, 11) is 3.74. The van der Waals surface area contributed by atoms with Crippen molar-refractivity contribution in [3.05, 3.63) is 69.7 Å². The lowest BCUT2D eigenvalue weighted by molar-refractivity contribution is -0.140. The van der Waals surface area contributed by atoms with Crippen LogP contribution in [0.3, 0.4) is 0 Å². The molecule has 1 aliphatic heterocycles. The number of hydrogen-bond acceptors (Lipinski definition) is 6. The highest BCUT2D eigenvalue weighted by atomic mass is 79.9. The first-order valence-corrected chi connectivity index (χ1v) is 10.5. The molecule has 0 radical (unpaired) electrons. The largest absolute Gasteiger partial charge is 0.507 e. The van der Waals surface area contributed by atoms with Gasteiger partial charge >= 0.3 is 5.97 Å². The standard InChI is InChI=1S/C23H23BrN2O5/c1-14(27)31-18-6-4-5-16(13-18)20-19(21(28)15-7-9-17(24)10-8-15)22(29)23(30)26(20)12-11-25(2)3/h4-10,13,20,28H,11-12H2,1-3H3/b21-19-. The molecule has 0 aliphatic carbocycles. The molecule has 2 aromatic carbocycles. The monoisotopic (exact) mass is 486 g/mol. The average Bonchev–Trinajstić information content (AvgIpc) is 2.96. The van der Waals surface area contributed by atoms with Crippen LogP contribution in [0.4, 0.5) is 0 Å². The van der Waals surface area contributed by atoms with E-state index in [1.807, 2.05) is 19.0 Å². The Morgan fingerprint density at radius 3 is 2.45 bits per heavy atom. The van der Waals surface area contributed by atoms with E-state index in [9.17, 15) is 19.5 Å². The van der Waals surface area contributed by atoms with Crippen LogP contribution in [-0.4, -0.2) is 59.8 Å². The van der Waals surface area contributed by atoms with Crippen molar-refractivity contribution in [2.75, 3.05) is 27.2 Å². The number of carbonyl (C=O) groups excluding carboxylic acids is 3. The molecule has 0 saturated carbocycles. The van der Waals surface area contributed by atoms with E-state index in [0.717, 1.165) is 4.47 Å². The maximum Gasteiger partial charge on any atom is 0.308 e. The predicted molar refractivity (Wildman–Crippen MR) is 119 cm³/mol. The van der Waals surface area contributed by atoms with Gasteiger partial charge in [-0.25, -0.2) is 0 Å². The van der Waals surface area contributed by atoms with Crippen LogP contribution < -0.4 is 4.74 Å². The number of Topliss-reactive ketones (excluding diaryl/α,β-unsaturated/α-hetero) is 1. The van der Waals surface area contributed by atoms with Crippen LogP contribution in [0.5, 0.6) is 5.75 Å². The van der Waals surface area contributed by atoms with Crippen molar-refractivity contribution in [3.8, 4) is 5.75 Å². The van der Waals surface area contributed by atoms with E-state index < -0.39 is 23.7 Å². The molecule has 31 heavy (non-hydrogen) atoms. The molecule has 1 amide bonds. The Labute approximate surface area is 189 Å². The Hall–Kier alpha value is -2.97. The Morgan fingerprint density at radius 2 is 1.84 bits per heavy atom. The second-order valence-electron chi connectivity index (χ2n) is 7.47. The number of nitrogens with zero attached hydrogens (tertiary/aromatic N) is 2. The van der Waals surface area contributed by atoms with Crippen LogP contribution in [0, 0.1) is 0 Å². The summed E-state index contributed by atoms with van der Waals surface area (Å²) in [6.07, 6.45) is 0. The van der Waals surface area contributed by atoms with E-state index in [4.69, 9.17) is 4.74 Å². The molecule has 1 N–H and O–H groups in total. The van der Waals surface area contributed by atoms with Gasteiger partial charge in [0.05, 0.1) is 11.6 Å². The number of amides is 1. The highest BCUT2D eigenvalue weighted by Crippen LogP contribution is 2.40. The number of ether oxygens (including phenoxy) is 1. The predicted octanol–water partition coefficient (Wildman–Crippen LogP) is 3.36. The third-order valence-corrected chi connectivity index (χ3v) is 5.41. The third-order valence-electron chi connectivity index (χ3n) is 4.88. The Kier molecular flexibility index (Phi) is 6.92. The summed E-state index contributed by atoms with van der Waals surface area (Å²) in [5.41, 5.74) is 0.997. The summed E-state index contributed by atoms with van der Waals surface area (Å²) in [5.74, 6) is -1.85. The normalized spacial score (nSPS) is 18.0. The number of halogens is 1. The first-order valence-electron chi connectivity index (χ1n) is 9.66. The SMILES string of the molecule is CC(=O)Oc1cccc(C2/C(=C(/O)c3ccc(Br)cc3)C(=O)C(=O)N2CCN(C)C)c1. The summed E-state index contributed by atoms with van der Waals surface area (Å²) in [6.45, 7) is 2.12. The lowest BCUT2D eigenvalue weighted by Gasteiger charge is -2.26. The number of benzene rings is 2. The fourth-order valence-corrected chi connectivity index (χ4v) is 3.71. The molecular weight excluding hydrogens is 464 g/mol. The van der Waals surface area contributed by atoms with Crippen molar-refractivity contribution < 1.29 is 24.2 Å². The van der Waals surface area contributed by atoms with E-state index in [-0.39, 0.29) is 17.9 Å². The van der Waals surface area contributed by atoms with Gasteiger partial charge in [0.2, 0.25) is 0 Å². The molecule has 2 aromatic rings. The lowest BCUT2D eigenvalue weighted by atomic mass is 9.95. The number of aliphatic hydroxyl groups is 1. The first kappa shape index (κ1) is 22.7. The van der Waals surface area contributed by atoms with Gasteiger partial charge in [-0.1, -0.05) is 40.2 Å². The number of likely N-dealkylation sites (tertiary alicyclic amines) is 1. The number of carbonyl (C=O) groups is 3. The molecule has 1 unspecified atom stereocenters. The quantitative estimate of drug-likeness (QED) is 0.221. The van der Waals surface area contributed by atoms with Gasteiger partial charge in [0, 0.05) is 30.0 Å². The number of ketones is 1. The minimum absolute atomic E-state index is 0.00561. The number of esters is 1. The van der Waals surface area contributed by atoms with Gasteiger partial charge in [-0.3, -0.25) is 14.4 Å². The average molecular weight is 487 g/mol. The lowest BCUT2D eigenvalue weighted by Crippen LogP contribution is -2.35. The summed E-state index contributed by atoms with van der Waals surface area (Å²) < 4.78 is 6.00. The van der Waals surface area contributed by atoms with Gasteiger partial charge in [-0.15, -0.1) is 0 Å². The Balaban J connectivity index is 2.14. The fraction of sp³-hybridized carbons (Fsp3) is 0.261. The molecule has 0 bridgehead atoms. The first-order chi connectivity index (χ1) is 14.7. The Bertz CT molecular complexity index is 1050. The molecule has 7 nitrogen and oxygen atoms in total. The van der Waals surface area contributed by atoms with Crippen LogP contribution in [0.2, 0.25) is 0 Å². The third kappa shape index (κ3) is 5.03. The van der Waals surface area contributed by atoms with Gasteiger partial charge in [-0.2, -0.15) is 0 Å². The smallest absolute Gasteiger partial charge is 0.308 e. The molecule has 1 atom stereocenters. The second kappa shape index (κ2) is 9.45.